The van der Waals surface area contributed by atoms with Gasteiger partial charge in [0, 0.05) is 23.2 Å². The van der Waals surface area contributed by atoms with Gasteiger partial charge in [-0.05, 0) is 30.1 Å². The van der Waals surface area contributed by atoms with Crippen LogP contribution in [0.3, 0.4) is 0 Å². The van der Waals surface area contributed by atoms with E-state index in [0.717, 1.165) is 18.7 Å². The van der Waals surface area contributed by atoms with Gasteiger partial charge in [0.2, 0.25) is 0 Å². The molecule has 0 amide bonds. The van der Waals surface area contributed by atoms with Crippen LogP contribution >= 0.6 is 24.2 Å². The van der Waals surface area contributed by atoms with Gasteiger partial charge in [-0.3, -0.25) is 0 Å². The first-order chi connectivity index (χ1) is 6.34. The summed E-state index contributed by atoms with van der Waals surface area (Å²) in [5.41, 5.74) is 1.05. The summed E-state index contributed by atoms with van der Waals surface area (Å²) in [4.78, 5) is 0. The predicted molar refractivity (Wildman–Crippen MR) is 60.3 cm³/mol. The topological polar surface area (TPSA) is 24.9 Å². The van der Waals surface area contributed by atoms with Crippen LogP contribution in [0.1, 0.15) is 12.1 Å². The second-order valence-electron chi connectivity index (χ2n) is 3.19. The molecule has 70 valence electrons. The van der Waals surface area contributed by atoms with E-state index >= 15 is 0 Å². The Balaban J connectivity index is 1.91. The molecule has 0 aromatic carbocycles. The minimum absolute atomic E-state index is 0.476. The van der Waals surface area contributed by atoms with Gasteiger partial charge in [0.15, 0.2) is 0 Å². The molecule has 0 bridgehead atoms. The molecule has 1 N–H and O–H groups in total. The number of nitrogens with zero attached hydrogens (tertiary/aromatic N) is 1. The molecule has 1 aliphatic heterocycles. The normalized spacial score (nSPS) is 28.7. The highest BCUT2D eigenvalue weighted by molar-refractivity contribution is 7.81. The first-order valence-electron chi connectivity index (χ1n) is 4.34. The largest absolute Gasteiger partial charge is 0.309 e. The van der Waals surface area contributed by atoms with Crippen molar-refractivity contribution >= 4 is 30.2 Å². The van der Waals surface area contributed by atoms with Crippen LogP contribution in [0.5, 0.6) is 0 Å². The molecule has 2 unspecified atom stereocenters. The smallest absolute Gasteiger partial charge is 0.0765 e. The lowest BCUT2D eigenvalue weighted by Gasteiger charge is -2.00. The average molecular weight is 212 g/mol. The van der Waals surface area contributed by atoms with Gasteiger partial charge < -0.3 is 5.32 Å². The third-order valence-corrected chi connectivity index (χ3v) is 3.07. The monoisotopic (exact) mass is 212 g/mol. The quantitative estimate of drug-likeness (QED) is 0.731. The van der Waals surface area contributed by atoms with Crippen LogP contribution in [0, 0.1) is 0 Å². The molecular formula is C9H12N2S2. The summed E-state index contributed by atoms with van der Waals surface area (Å²) in [5.74, 6) is 0. The maximum absolute atomic E-state index is 4.41. The van der Waals surface area contributed by atoms with Gasteiger partial charge in [-0.1, -0.05) is 6.08 Å². The number of rotatable bonds is 2. The third-order valence-electron chi connectivity index (χ3n) is 2.10. The fourth-order valence-corrected chi connectivity index (χ4v) is 2.25. The van der Waals surface area contributed by atoms with E-state index in [1.807, 2.05) is 11.4 Å². The first kappa shape index (κ1) is 9.24. The Labute approximate surface area is 87.6 Å². The van der Waals surface area contributed by atoms with Gasteiger partial charge in [-0.15, -0.1) is 0 Å². The van der Waals surface area contributed by atoms with Gasteiger partial charge in [-0.25, -0.2) is 0 Å². The van der Waals surface area contributed by atoms with E-state index in [9.17, 15) is 0 Å². The molecule has 2 nitrogen and oxygen atoms in total. The zero-order chi connectivity index (χ0) is 9.10. The van der Waals surface area contributed by atoms with E-state index in [1.165, 1.54) is 11.5 Å². The Bertz CT molecular complexity index is 282. The number of aromatic nitrogens is 1. The van der Waals surface area contributed by atoms with Crippen molar-refractivity contribution in [1.29, 1.82) is 0 Å². The molecule has 1 fully saturated rings. The second-order valence-corrected chi connectivity index (χ2v) is 4.58. The van der Waals surface area contributed by atoms with Crippen molar-refractivity contribution in [2.45, 2.75) is 17.7 Å². The Morgan fingerprint density at radius 3 is 3.23 bits per heavy atom. The molecule has 2 atom stereocenters. The summed E-state index contributed by atoms with van der Waals surface area (Å²) in [7, 11) is 0. The van der Waals surface area contributed by atoms with E-state index in [1.54, 1.807) is 0 Å². The highest BCUT2D eigenvalue weighted by atomic mass is 32.1. The van der Waals surface area contributed by atoms with E-state index in [0.29, 0.717) is 11.3 Å². The standard InChI is InChI=1S/C9H12N2S2/c12-9-5-8(10-6-9)2-1-7-3-4-13-11-7/h1-4,8-10,12H,5-6H2. The van der Waals surface area contributed by atoms with Crippen LogP contribution in [0.4, 0.5) is 0 Å². The molecule has 2 heterocycles. The summed E-state index contributed by atoms with van der Waals surface area (Å²) in [6.45, 7) is 1.01. The van der Waals surface area contributed by atoms with Crippen LogP contribution in [-0.2, 0) is 0 Å². The van der Waals surface area contributed by atoms with Crippen molar-refractivity contribution in [1.82, 2.24) is 9.69 Å². The van der Waals surface area contributed by atoms with Crippen LogP contribution in [0.15, 0.2) is 17.5 Å². The zero-order valence-corrected chi connectivity index (χ0v) is 8.89. The highest BCUT2D eigenvalue weighted by Gasteiger charge is 2.18. The van der Waals surface area contributed by atoms with Crippen molar-refractivity contribution in [3.8, 4) is 0 Å². The molecule has 0 spiro atoms. The summed E-state index contributed by atoms with van der Waals surface area (Å²) >= 11 is 5.90. The van der Waals surface area contributed by atoms with Crippen molar-refractivity contribution < 1.29 is 0 Å². The van der Waals surface area contributed by atoms with Crippen molar-refractivity contribution in [3.63, 3.8) is 0 Å². The van der Waals surface area contributed by atoms with Crippen molar-refractivity contribution in [2.24, 2.45) is 0 Å². The van der Waals surface area contributed by atoms with E-state index < -0.39 is 0 Å². The predicted octanol–water partition coefficient (Wildman–Crippen LogP) is 1.82. The van der Waals surface area contributed by atoms with Crippen LogP contribution in [-0.4, -0.2) is 22.2 Å². The van der Waals surface area contributed by atoms with Crippen molar-refractivity contribution in [3.05, 3.63) is 23.2 Å². The van der Waals surface area contributed by atoms with Crippen LogP contribution < -0.4 is 5.32 Å². The van der Waals surface area contributed by atoms with Gasteiger partial charge in [0.25, 0.3) is 0 Å². The Kier molecular flexibility index (Phi) is 3.03. The fourth-order valence-electron chi connectivity index (χ4n) is 1.42. The van der Waals surface area contributed by atoms with E-state index in [4.69, 9.17) is 0 Å². The summed E-state index contributed by atoms with van der Waals surface area (Å²) < 4.78 is 4.20. The molecular weight excluding hydrogens is 200 g/mol. The Morgan fingerprint density at radius 2 is 2.62 bits per heavy atom. The molecule has 1 aromatic heterocycles. The van der Waals surface area contributed by atoms with Crippen LogP contribution in [0.2, 0.25) is 0 Å². The lowest BCUT2D eigenvalue weighted by atomic mass is 10.2. The lowest BCUT2D eigenvalue weighted by molar-refractivity contribution is 0.730. The van der Waals surface area contributed by atoms with Crippen molar-refractivity contribution in [2.75, 3.05) is 6.54 Å². The molecule has 1 saturated heterocycles. The molecule has 1 aromatic rings. The van der Waals surface area contributed by atoms with Gasteiger partial charge in [0.1, 0.15) is 0 Å². The Morgan fingerprint density at radius 1 is 1.69 bits per heavy atom. The average Bonchev–Trinajstić information content (AvgIpc) is 2.71. The maximum Gasteiger partial charge on any atom is 0.0765 e. The van der Waals surface area contributed by atoms with E-state index in [2.05, 4.69) is 34.5 Å². The number of hydrogen-bond acceptors (Lipinski definition) is 4. The van der Waals surface area contributed by atoms with Gasteiger partial charge >= 0.3 is 0 Å². The summed E-state index contributed by atoms with van der Waals surface area (Å²) in [6.07, 6.45) is 5.36. The summed E-state index contributed by atoms with van der Waals surface area (Å²) in [5, 5.41) is 5.88. The first-order valence-corrected chi connectivity index (χ1v) is 5.70. The Hall–Kier alpha value is -0.320. The third kappa shape index (κ3) is 2.56. The fraction of sp³-hybridized carbons (Fsp3) is 0.444. The number of nitrogens with one attached hydrogen (secondary N) is 1. The lowest BCUT2D eigenvalue weighted by Crippen LogP contribution is -2.18. The second kappa shape index (κ2) is 4.26. The van der Waals surface area contributed by atoms with E-state index in [-0.39, 0.29) is 0 Å². The maximum atomic E-state index is 4.41. The molecule has 0 aliphatic carbocycles. The molecule has 4 heteroatoms. The number of thiol groups is 1. The minimum atomic E-state index is 0.476. The molecule has 1 aliphatic rings. The number of hydrogen-bond donors (Lipinski definition) is 2. The highest BCUT2D eigenvalue weighted by Crippen LogP contribution is 2.14. The molecule has 0 radical (unpaired) electrons. The van der Waals surface area contributed by atoms with Crippen LogP contribution in [0.25, 0.3) is 6.08 Å². The van der Waals surface area contributed by atoms with Gasteiger partial charge in [-0.2, -0.15) is 17.0 Å². The molecule has 13 heavy (non-hydrogen) atoms. The molecule has 0 saturated carbocycles. The van der Waals surface area contributed by atoms with Gasteiger partial charge in [0.05, 0.1) is 5.69 Å². The minimum Gasteiger partial charge on any atom is -0.309 e. The zero-order valence-electron chi connectivity index (χ0n) is 7.18. The SMILES string of the molecule is SC1CNC(C=Cc2ccsn2)C1. The summed E-state index contributed by atoms with van der Waals surface area (Å²) in [6, 6.07) is 2.50. The molecule has 2 rings (SSSR count).